The Hall–Kier alpha value is -2.08. The zero-order chi connectivity index (χ0) is 19.4. The van der Waals surface area contributed by atoms with Crippen LogP contribution in [0.25, 0.3) is 0 Å². The fourth-order valence-corrected chi connectivity index (χ4v) is 1.72. The maximum Gasteiger partial charge on any atom is 0.342 e. The lowest BCUT2D eigenvalue weighted by Crippen LogP contribution is -2.40. The highest BCUT2D eigenvalue weighted by atomic mass is 16.6. The molecule has 2 atom stereocenters. The summed E-state index contributed by atoms with van der Waals surface area (Å²) >= 11 is 0. The van der Waals surface area contributed by atoms with Gasteiger partial charge in [-0.05, 0) is 12.8 Å². The molecule has 0 heterocycles. The molecule has 0 aliphatic heterocycles. The third-order valence-electron chi connectivity index (χ3n) is 3.10. The van der Waals surface area contributed by atoms with E-state index < -0.39 is 42.1 Å². The van der Waals surface area contributed by atoms with Gasteiger partial charge in [-0.25, -0.2) is 9.59 Å². The number of carboxylic acids is 1. The summed E-state index contributed by atoms with van der Waals surface area (Å²) in [7, 11) is 0. The number of unbranched alkanes of at least 4 members (excludes halogenated alkanes) is 3. The molecule has 0 bridgehead atoms. The van der Waals surface area contributed by atoms with E-state index in [1.54, 1.807) is 0 Å². The lowest BCUT2D eigenvalue weighted by molar-refractivity contribution is -0.163. The molecule has 144 valence electrons. The second kappa shape index (κ2) is 12.3. The van der Waals surface area contributed by atoms with Gasteiger partial charge in [0.25, 0.3) is 0 Å². The summed E-state index contributed by atoms with van der Waals surface area (Å²) in [5.74, 6) is -4.27. The van der Waals surface area contributed by atoms with Crippen molar-refractivity contribution >= 4 is 23.9 Å². The Kier molecular flexibility index (Phi) is 11.3. The Labute approximate surface area is 145 Å². The van der Waals surface area contributed by atoms with Crippen molar-refractivity contribution in [3.8, 4) is 0 Å². The van der Waals surface area contributed by atoms with E-state index in [2.05, 4.69) is 4.74 Å². The van der Waals surface area contributed by atoms with Gasteiger partial charge in [0.2, 0.25) is 6.04 Å². The Morgan fingerprint density at radius 3 is 2.04 bits per heavy atom. The van der Waals surface area contributed by atoms with E-state index >= 15 is 0 Å². The highest BCUT2D eigenvalue weighted by Gasteiger charge is 2.25. The fraction of sp³-hybridized carbons (Fsp3) is 0.714. The van der Waals surface area contributed by atoms with Gasteiger partial charge in [0, 0.05) is 6.42 Å². The zero-order valence-corrected chi connectivity index (χ0v) is 13.9. The van der Waals surface area contributed by atoms with Gasteiger partial charge >= 0.3 is 23.9 Å². The van der Waals surface area contributed by atoms with Crippen molar-refractivity contribution < 1.29 is 33.8 Å². The van der Waals surface area contributed by atoms with Crippen LogP contribution in [0.3, 0.4) is 0 Å². The van der Waals surface area contributed by atoms with E-state index in [4.69, 9.17) is 32.8 Å². The van der Waals surface area contributed by atoms with Crippen LogP contribution in [0, 0.1) is 0 Å². The average Bonchev–Trinajstić information content (AvgIpc) is 2.54. The minimum absolute atomic E-state index is 0.0411. The molecule has 11 nitrogen and oxygen atoms in total. The number of carboxylic acid groups (broad SMARTS) is 1. The van der Waals surface area contributed by atoms with Crippen molar-refractivity contribution in [2.45, 2.75) is 56.8 Å². The molecule has 0 radical (unpaired) electrons. The maximum atomic E-state index is 11.5. The molecule has 0 saturated carbocycles. The van der Waals surface area contributed by atoms with Crippen LogP contribution < -0.4 is 22.9 Å². The van der Waals surface area contributed by atoms with Crippen molar-refractivity contribution in [3.05, 3.63) is 0 Å². The summed E-state index contributed by atoms with van der Waals surface area (Å²) in [6.07, 6.45) is 2.05. The van der Waals surface area contributed by atoms with Crippen molar-refractivity contribution in [3.63, 3.8) is 0 Å². The molecule has 0 spiro atoms. The zero-order valence-electron chi connectivity index (χ0n) is 13.9. The van der Waals surface area contributed by atoms with Gasteiger partial charge < -0.3 is 37.5 Å². The normalized spacial score (nSPS) is 13.2. The Morgan fingerprint density at radius 2 is 1.48 bits per heavy atom. The molecule has 25 heavy (non-hydrogen) atoms. The summed E-state index contributed by atoms with van der Waals surface area (Å²) in [5, 5.41) is 8.49. The number of aliphatic carboxylic acids is 1. The molecule has 0 aromatic carbocycles. The highest BCUT2D eigenvalue weighted by Crippen LogP contribution is 2.08. The molecular weight excluding hydrogens is 336 g/mol. The largest absolute Gasteiger partial charge is 0.480 e. The predicted molar refractivity (Wildman–Crippen MR) is 85.5 cm³/mol. The Morgan fingerprint density at radius 1 is 0.880 bits per heavy atom. The topological polar surface area (TPSA) is 211 Å². The van der Waals surface area contributed by atoms with E-state index in [1.807, 2.05) is 0 Å². The first kappa shape index (κ1) is 22.9. The van der Waals surface area contributed by atoms with Gasteiger partial charge in [0.1, 0.15) is 12.6 Å². The second-order valence-electron chi connectivity index (χ2n) is 5.46. The summed E-state index contributed by atoms with van der Waals surface area (Å²) < 4.78 is 9.10. The van der Waals surface area contributed by atoms with Crippen LogP contribution in [0.1, 0.15) is 38.5 Å². The average molecular weight is 362 g/mol. The minimum Gasteiger partial charge on any atom is -0.480 e. The molecule has 2 unspecified atom stereocenters. The van der Waals surface area contributed by atoms with E-state index in [1.165, 1.54) is 0 Å². The molecule has 0 aromatic rings. The van der Waals surface area contributed by atoms with Gasteiger partial charge in [0.05, 0.1) is 6.17 Å². The summed E-state index contributed by atoms with van der Waals surface area (Å²) in [5.41, 5.74) is 21.1. The van der Waals surface area contributed by atoms with Crippen LogP contribution in [0.2, 0.25) is 0 Å². The van der Waals surface area contributed by atoms with Gasteiger partial charge in [-0.1, -0.05) is 19.3 Å². The lowest BCUT2D eigenvalue weighted by atomic mass is 10.1. The lowest BCUT2D eigenvalue weighted by Gasteiger charge is -2.12. The first-order valence-electron chi connectivity index (χ1n) is 7.81. The highest BCUT2D eigenvalue weighted by molar-refractivity contribution is 6.01. The summed E-state index contributed by atoms with van der Waals surface area (Å²) in [6, 6.07) is -2.64. The van der Waals surface area contributed by atoms with Crippen molar-refractivity contribution in [2.24, 2.45) is 22.9 Å². The molecular formula is C14H26N4O7. The first-order chi connectivity index (χ1) is 11.6. The number of carbonyl (C=O) groups excluding carboxylic acids is 3. The smallest absolute Gasteiger partial charge is 0.342 e. The first-order valence-corrected chi connectivity index (χ1v) is 7.81. The standard InChI is InChI=1S/C14H26N4O7/c15-8(13(22)24-7-9(16)17)5-3-1-2-4-6-10(19)25-14(23)11(18)12(20)21/h8-9,11H,1-7,15-18H2,(H,20,21). The minimum atomic E-state index is -1.88. The number of hydrogen-bond acceptors (Lipinski definition) is 10. The third-order valence-corrected chi connectivity index (χ3v) is 3.10. The fourth-order valence-electron chi connectivity index (χ4n) is 1.72. The second-order valence-corrected chi connectivity index (χ2v) is 5.46. The van der Waals surface area contributed by atoms with Crippen LogP contribution >= 0.6 is 0 Å². The SMILES string of the molecule is NC(N)COC(=O)C(N)CCCCCCC(=O)OC(=O)C(N)C(=O)O. The van der Waals surface area contributed by atoms with Crippen molar-refractivity contribution in [1.29, 1.82) is 0 Å². The number of esters is 3. The van der Waals surface area contributed by atoms with Crippen molar-refractivity contribution in [2.75, 3.05) is 6.61 Å². The molecule has 0 aromatic heterocycles. The van der Waals surface area contributed by atoms with Gasteiger partial charge in [-0.3, -0.25) is 9.59 Å². The van der Waals surface area contributed by atoms with Crippen molar-refractivity contribution in [1.82, 2.24) is 0 Å². The molecule has 0 fully saturated rings. The van der Waals surface area contributed by atoms with Gasteiger partial charge in [0.15, 0.2) is 0 Å². The summed E-state index contributed by atoms with van der Waals surface area (Å²) in [4.78, 5) is 44.4. The van der Waals surface area contributed by atoms with Crippen LogP contribution in [0.15, 0.2) is 0 Å². The van der Waals surface area contributed by atoms with E-state index in [9.17, 15) is 19.2 Å². The van der Waals surface area contributed by atoms with Crippen LogP contribution in [0.5, 0.6) is 0 Å². The number of ether oxygens (including phenoxy) is 2. The molecule has 11 heteroatoms. The van der Waals surface area contributed by atoms with E-state index in [0.717, 1.165) is 0 Å². The maximum absolute atomic E-state index is 11.5. The van der Waals surface area contributed by atoms with Gasteiger partial charge in [-0.2, -0.15) is 0 Å². The third kappa shape index (κ3) is 11.2. The van der Waals surface area contributed by atoms with Gasteiger partial charge in [-0.15, -0.1) is 0 Å². The summed E-state index contributed by atoms with van der Waals surface area (Å²) in [6.45, 7) is -0.0983. The number of hydrogen-bond donors (Lipinski definition) is 5. The molecule has 0 aliphatic carbocycles. The monoisotopic (exact) mass is 362 g/mol. The van der Waals surface area contributed by atoms with E-state index in [0.29, 0.717) is 32.1 Å². The Balaban J connectivity index is 3.75. The van der Waals surface area contributed by atoms with Crippen LogP contribution in [0.4, 0.5) is 0 Å². The molecule has 0 saturated heterocycles. The molecule has 0 amide bonds. The quantitative estimate of drug-likeness (QED) is 0.110. The van der Waals surface area contributed by atoms with E-state index in [-0.39, 0.29) is 13.0 Å². The predicted octanol–water partition coefficient (Wildman–Crippen LogP) is -2.08. The van der Waals surface area contributed by atoms with Crippen LogP contribution in [-0.4, -0.2) is 53.8 Å². The van der Waals surface area contributed by atoms with Crippen LogP contribution in [-0.2, 0) is 28.7 Å². The number of carbonyl (C=O) groups is 4. The Bertz CT molecular complexity index is 470. The number of nitrogens with two attached hydrogens (primary N) is 4. The molecule has 0 aliphatic rings. The molecule has 9 N–H and O–H groups in total. The number of rotatable bonds is 12. The molecule has 0 rings (SSSR count).